The molecule has 0 radical (unpaired) electrons. The van der Waals surface area contributed by atoms with Gasteiger partial charge in [0.2, 0.25) is 5.95 Å². The first-order valence-electron chi connectivity index (χ1n) is 8.17. The van der Waals surface area contributed by atoms with Crippen LogP contribution < -0.4 is 10.6 Å². The van der Waals surface area contributed by atoms with Gasteiger partial charge in [0.05, 0.1) is 0 Å². The van der Waals surface area contributed by atoms with Gasteiger partial charge in [0.15, 0.2) is 0 Å². The van der Waals surface area contributed by atoms with Gasteiger partial charge < -0.3 is 10.6 Å². The lowest BCUT2D eigenvalue weighted by atomic mass is 10.1. The lowest BCUT2D eigenvalue weighted by Gasteiger charge is -2.10. The first-order chi connectivity index (χ1) is 12.4. The molecule has 1 aromatic heterocycles. The summed E-state index contributed by atoms with van der Waals surface area (Å²) in [7, 11) is 0. The van der Waals surface area contributed by atoms with E-state index in [9.17, 15) is 9.18 Å². The van der Waals surface area contributed by atoms with Gasteiger partial charge in [-0.25, -0.2) is 14.4 Å². The molecule has 1 heterocycles. The Labute approximate surface area is 151 Å². The number of halogens is 1. The molecule has 6 heteroatoms. The Kier molecular flexibility index (Phi) is 4.93. The van der Waals surface area contributed by atoms with E-state index in [-0.39, 0.29) is 23.4 Å². The van der Waals surface area contributed by atoms with E-state index in [1.165, 1.54) is 12.1 Å². The summed E-state index contributed by atoms with van der Waals surface area (Å²) in [6.07, 6.45) is 0. The second-order valence-electron chi connectivity index (χ2n) is 6.11. The van der Waals surface area contributed by atoms with E-state index in [2.05, 4.69) is 20.6 Å². The number of hydrogen-bond acceptors (Lipinski definition) is 4. The van der Waals surface area contributed by atoms with Crippen molar-refractivity contribution in [2.75, 3.05) is 10.6 Å². The molecule has 2 N–H and O–H groups in total. The summed E-state index contributed by atoms with van der Waals surface area (Å²) in [6.45, 7) is 5.77. The molecule has 26 heavy (non-hydrogen) atoms. The van der Waals surface area contributed by atoms with Crippen LogP contribution in [0.15, 0.2) is 48.5 Å². The highest BCUT2D eigenvalue weighted by molar-refractivity contribution is 6.03. The zero-order chi connectivity index (χ0) is 18.7. The summed E-state index contributed by atoms with van der Waals surface area (Å²) in [5, 5.41) is 5.76. The zero-order valence-corrected chi connectivity index (χ0v) is 14.8. The summed E-state index contributed by atoms with van der Waals surface area (Å²) in [6, 6.07) is 13.3. The van der Waals surface area contributed by atoms with Crippen LogP contribution in [0.4, 0.5) is 21.7 Å². The number of nitrogens with one attached hydrogen (secondary N) is 2. The number of carbonyl (C=O) groups excluding carboxylic acids is 1. The van der Waals surface area contributed by atoms with Crippen molar-refractivity contribution >= 4 is 23.2 Å². The quantitative estimate of drug-likeness (QED) is 0.725. The monoisotopic (exact) mass is 350 g/mol. The number of amides is 1. The predicted molar refractivity (Wildman–Crippen MR) is 100 cm³/mol. The van der Waals surface area contributed by atoms with Gasteiger partial charge in [-0.3, -0.25) is 4.79 Å². The molecular formula is C20H19FN4O. The van der Waals surface area contributed by atoms with Gasteiger partial charge in [-0.15, -0.1) is 0 Å². The topological polar surface area (TPSA) is 66.9 Å². The average molecular weight is 350 g/mol. The molecule has 0 spiro atoms. The third kappa shape index (κ3) is 4.22. The van der Waals surface area contributed by atoms with Crippen molar-refractivity contribution in [1.29, 1.82) is 0 Å². The fraction of sp³-hybridized carbons (Fsp3) is 0.150. The number of hydrogen-bond donors (Lipinski definition) is 2. The van der Waals surface area contributed by atoms with Gasteiger partial charge in [-0.2, -0.15) is 0 Å². The zero-order valence-electron chi connectivity index (χ0n) is 14.8. The fourth-order valence-electron chi connectivity index (χ4n) is 2.45. The molecule has 0 aliphatic rings. The summed E-state index contributed by atoms with van der Waals surface area (Å²) < 4.78 is 13.3. The molecule has 0 fully saturated rings. The van der Waals surface area contributed by atoms with Gasteiger partial charge in [-0.05, 0) is 68.3 Å². The highest BCUT2D eigenvalue weighted by atomic mass is 19.1. The van der Waals surface area contributed by atoms with Gasteiger partial charge in [0.1, 0.15) is 11.5 Å². The number of nitrogens with zero attached hydrogens (tertiary/aromatic N) is 2. The second kappa shape index (κ2) is 7.31. The van der Waals surface area contributed by atoms with Crippen LogP contribution in [0.1, 0.15) is 27.3 Å². The molecule has 0 atom stereocenters. The summed E-state index contributed by atoms with van der Waals surface area (Å²) in [5.41, 5.74) is 4.32. The highest BCUT2D eigenvalue weighted by Gasteiger charge is 2.12. The molecule has 3 rings (SSSR count). The minimum atomic E-state index is -0.365. The van der Waals surface area contributed by atoms with Crippen LogP contribution in [0.2, 0.25) is 0 Å². The van der Waals surface area contributed by atoms with E-state index in [1.807, 2.05) is 32.0 Å². The SMILES string of the molecule is Cc1cc(C(=O)Nc2ccc(C)c(C)c2)nc(Nc2cccc(F)c2)n1. The Balaban J connectivity index is 1.82. The van der Waals surface area contributed by atoms with E-state index in [4.69, 9.17) is 0 Å². The number of rotatable bonds is 4. The first-order valence-corrected chi connectivity index (χ1v) is 8.17. The minimum Gasteiger partial charge on any atom is -0.324 e. The maximum atomic E-state index is 13.3. The van der Waals surface area contributed by atoms with Crippen molar-refractivity contribution in [3.05, 3.63) is 76.9 Å². The van der Waals surface area contributed by atoms with E-state index in [1.54, 1.807) is 25.1 Å². The largest absolute Gasteiger partial charge is 0.324 e. The van der Waals surface area contributed by atoms with Crippen LogP contribution in [0, 0.1) is 26.6 Å². The summed E-state index contributed by atoms with van der Waals surface area (Å²) in [4.78, 5) is 21.0. The van der Waals surface area contributed by atoms with E-state index >= 15 is 0 Å². The van der Waals surface area contributed by atoms with Crippen LogP contribution in [0.25, 0.3) is 0 Å². The van der Waals surface area contributed by atoms with Crippen molar-refractivity contribution in [3.8, 4) is 0 Å². The third-order valence-electron chi connectivity index (χ3n) is 3.93. The van der Waals surface area contributed by atoms with Crippen molar-refractivity contribution in [1.82, 2.24) is 9.97 Å². The van der Waals surface area contributed by atoms with Crippen LogP contribution in [-0.4, -0.2) is 15.9 Å². The molecule has 0 bridgehead atoms. The van der Waals surface area contributed by atoms with Gasteiger partial charge in [-0.1, -0.05) is 12.1 Å². The Bertz CT molecular complexity index is 972. The molecule has 0 saturated heterocycles. The van der Waals surface area contributed by atoms with E-state index in [0.717, 1.165) is 11.1 Å². The lowest BCUT2D eigenvalue weighted by molar-refractivity contribution is 0.102. The van der Waals surface area contributed by atoms with Crippen LogP contribution in [0.5, 0.6) is 0 Å². The summed E-state index contributed by atoms with van der Waals surface area (Å²) >= 11 is 0. The Morgan fingerprint density at radius 3 is 2.46 bits per heavy atom. The molecular weight excluding hydrogens is 331 g/mol. The van der Waals surface area contributed by atoms with Crippen molar-refractivity contribution in [3.63, 3.8) is 0 Å². The lowest BCUT2D eigenvalue weighted by Crippen LogP contribution is -2.15. The number of anilines is 3. The van der Waals surface area contributed by atoms with Crippen LogP contribution >= 0.6 is 0 Å². The third-order valence-corrected chi connectivity index (χ3v) is 3.93. The molecule has 132 valence electrons. The normalized spacial score (nSPS) is 10.5. The standard InChI is InChI=1S/C20H19FN4O/c1-12-7-8-17(9-13(12)2)23-19(26)18-10-14(3)22-20(25-18)24-16-6-4-5-15(21)11-16/h4-11H,1-3H3,(H,23,26)(H,22,24,25). The predicted octanol–water partition coefficient (Wildman–Crippen LogP) is 4.54. The Morgan fingerprint density at radius 2 is 1.73 bits per heavy atom. The maximum absolute atomic E-state index is 13.3. The van der Waals surface area contributed by atoms with Crippen LogP contribution in [0.3, 0.4) is 0 Å². The Hall–Kier alpha value is -3.28. The molecule has 3 aromatic rings. The molecule has 5 nitrogen and oxygen atoms in total. The van der Waals surface area contributed by atoms with Crippen molar-refractivity contribution < 1.29 is 9.18 Å². The van der Waals surface area contributed by atoms with Crippen molar-refractivity contribution in [2.24, 2.45) is 0 Å². The first kappa shape index (κ1) is 17.5. The maximum Gasteiger partial charge on any atom is 0.274 e. The second-order valence-corrected chi connectivity index (χ2v) is 6.11. The molecule has 2 aromatic carbocycles. The van der Waals surface area contributed by atoms with E-state index in [0.29, 0.717) is 17.1 Å². The Morgan fingerprint density at radius 1 is 0.923 bits per heavy atom. The summed E-state index contributed by atoms with van der Waals surface area (Å²) in [5.74, 6) is -0.461. The highest BCUT2D eigenvalue weighted by Crippen LogP contribution is 2.17. The van der Waals surface area contributed by atoms with Crippen LogP contribution in [-0.2, 0) is 0 Å². The number of carbonyl (C=O) groups is 1. The molecule has 0 aliphatic carbocycles. The molecule has 0 aliphatic heterocycles. The minimum absolute atomic E-state index is 0.231. The van der Waals surface area contributed by atoms with Gasteiger partial charge >= 0.3 is 0 Å². The molecule has 1 amide bonds. The smallest absolute Gasteiger partial charge is 0.274 e. The van der Waals surface area contributed by atoms with Gasteiger partial charge in [0, 0.05) is 17.1 Å². The number of benzene rings is 2. The number of aryl methyl sites for hydroxylation is 3. The average Bonchev–Trinajstić information content (AvgIpc) is 2.57. The van der Waals surface area contributed by atoms with E-state index < -0.39 is 0 Å². The number of aromatic nitrogens is 2. The van der Waals surface area contributed by atoms with Crippen molar-refractivity contribution in [2.45, 2.75) is 20.8 Å². The molecule has 0 unspecified atom stereocenters. The molecule has 0 saturated carbocycles. The fourth-order valence-corrected chi connectivity index (χ4v) is 2.45. The van der Waals surface area contributed by atoms with Gasteiger partial charge in [0.25, 0.3) is 5.91 Å².